The quantitative estimate of drug-likeness (QED) is 0.550. The molecule has 0 aliphatic rings. The van der Waals surface area contributed by atoms with E-state index in [1.807, 2.05) is 10.8 Å². The first kappa shape index (κ1) is 16.7. The fourth-order valence-electron chi connectivity index (χ4n) is 2.70. The molecule has 0 aliphatic carbocycles. The number of benzene rings is 2. The van der Waals surface area contributed by atoms with E-state index in [2.05, 4.69) is 43.2 Å². The second kappa shape index (κ2) is 6.76. The third-order valence-corrected chi connectivity index (χ3v) is 4.21. The van der Waals surface area contributed by atoms with Crippen LogP contribution in [0.25, 0.3) is 16.9 Å². The van der Waals surface area contributed by atoms with Gasteiger partial charge in [0.1, 0.15) is 0 Å². The molecule has 0 spiro atoms. The third-order valence-electron chi connectivity index (χ3n) is 4.21. The molecular weight excluding hydrogens is 316 g/mol. The van der Waals surface area contributed by atoms with E-state index in [9.17, 15) is 10.1 Å². The van der Waals surface area contributed by atoms with Gasteiger partial charge in [-0.25, -0.2) is 4.98 Å². The molecule has 1 N–H and O–H groups in total. The highest BCUT2D eigenvalue weighted by Crippen LogP contribution is 2.27. The maximum absolute atomic E-state index is 10.8. The van der Waals surface area contributed by atoms with Crippen LogP contribution in [-0.2, 0) is 0 Å². The van der Waals surface area contributed by atoms with Crippen LogP contribution >= 0.6 is 0 Å². The molecule has 0 aliphatic heterocycles. The minimum atomic E-state index is -0.403. The van der Waals surface area contributed by atoms with Crippen molar-refractivity contribution < 1.29 is 4.92 Å². The number of nitrogens with one attached hydrogen (secondary N) is 1. The first-order valence-corrected chi connectivity index (χ1v) is 8.14. The summed E-state index contributed by atoms with van der Waals surface area (Å²) < 4.78 is 1.97. The van der Waals surface area contributed by atoms with E-state index < -0.39 is 4.92 Å². The van der Waals surface area contributed by atoms with Crippen molar-refractivity contribution in [2.75, 3.05) is 11.9 Å². The number of nitro groups is 1. The Kier molecular flexibility index (Phi) is 4.52. The second-order valence-electron chi connectivity index (χ2n) is 5.95. The van der Waals surface area contributed by atoms with Gasteiger partial charge in [0.05, 0.1) is 28.3 Å². The van der Waals surface area contributed by atoms with Gasteiger partial charge in [0.2, 0.25) is 0 Å². The molecule has 1 heterocycles. The molecule has 6 heteroatoms. The molecule has 0 atom stereocenters. The maximum atomic E-state index is 10.8. The Morgan fingerprint density at radius 1 is 1.16 bits per heavy atom. The molecule has 6 nitrogen and oxygen atoms in total. The minimum Gasteiger partial charge on any atom is -0.384 e. The number of anilines is 1. The summed E-state index contributed by atoms with van der Waals surface area (Å²) in [4.78, 5) is 14.8. The maximum Gasteiger partial charge on any atom is 0.269 e. The predicted octanol–water partition coefficient (Wildman–Crippen LogP) is 4.50. The Morgan fingerprint density at radius 2 is 1.84 bits per heavy atom. The smallest absolute Gasteiger partial charge is 0.269 e. The average molecular weight is 336 g/mol. The highest BCUT2D eigenvalue weighted by molar-refractivity contribution is 5.66. The second-order valence-corrected chi connectivity index (χ2v) is 5.95. The van der Waals surface area contributed by atoms with E-state index >= 15 is 0 Å². The molecule has 0 amide bonds. The van der Waals surface area contributed by atoms with Crippen LogP contribution in [0.4, 0.5) is 11.4 Å². The summed E-state index contributed by atoms with van der Waals surface area (Å²) in [6.07, 6.45) is 3.70. The summed E-state index contributed by atoms with van der Waals surface area (Å²) in [7, 11) is 0. The van der Waals surface area contributed by atoms with Gasteiger partial charge in [-0.05, 0) is 56.2 Å². The highest BCUT2D eigenvalue weighted by Gasteiger charge is 2.11. The van der Waals surface area contributed by atoms with E-state index in [4.69, 9.17) is 0 Å². The van der Waals surface area contributed by atoms with Crippen molar-refractivity contribution in [3.63, 3.8) is 0 Å². The molecule has 0 bridgehead atoms. The van der Waals surface area contributed by atoms with Crippen LogP contribution in [0, 0.1) is 24.0 Å². The van der Waals surface area contributed by atoms with Crippen molar-refractivity contribution in [3.05, 3.63) is 70.2 Å². The van der Waals surface area contributed by atoms with E-state index in [-0.39, 0.29) is 5.69 Å². The lowest BCUT2D eigenvalue weighted by molar-refractivity contribution is -0.384. The number of hydrogen-bond donors (Lipinski definition) is 1. The third kappa shape index (κ3) is 3.38. The minimum absolute atomic E-state index is 0.0757. The summed E-state index contributed by atoms with van der Waals surface area (Å²) in [5.41, 5.74) is 6.22. The lowest BCUT2D eigenvalue weighted by Gasteiger charge is -2.14. The Balaban J connectivity index is 1.98. The molecule has 2 aromatic carbocycles. The van der Waals surface area contributed by atoms with Crippen molar-refractivity contribution >= 4 is 11.4 Å². The van der Waals surface area contributed by atoms with Crippen molar-refractivity contribution in [2.24, 2.45) is 0 Å². The van der Waals surface area contributed by atoms with Gasteiger partial charge in [-0.2, -0.15) is 0 Å². The monoisotopic (exact) mass is 336 g/mol. The fourth-order valence-corrected chi connectivity index (χ4v) is 2.70. The van der Waals surface area contributed by atoms with Gasteiger partial charge in [-0.15, -0.1) is 0 Å². The number of nitro benzene ring substituents is 1. The van der Waals surface area contributed by atoms with E-state index in [1.54, 1.807) is 18.5 Å². The number of imidazole rings is 1. The number of nitrogens with zero attached hydrogens (tertiary/aromatic N) is 3. The number of non-ortho nitro benzene ring substituents is 1. The van der Waals surface area contributed by atoms with Crippen LogP contribution < -0.4 is 5.32 Å². The van der Waals surface area contributed by atoms with Crippen LogP contribution in [-0.4, -0.2) is 21.0 Å². The van der Waals surface area contributed by atoms with E-state index in [1.165, 1.54) is 23.3 Å². The van der Waals surface area contributed by atoms with Gasteiger partial charge in [-0.3, -0.25) is 10.1 Å². The number of rotatable bonds is 5. The molecular formula is C19H20N4O2. The summed E-state index contributed by atoms with van der Waals surface area (Å²) >= 11 is 0. The molecule has 25 heavy (non-hydrogen) atoms. The summed E-state index contributed by atoms with van der Waals surface area (Å²) in [5, 5.41) is 14.2. The summed E-state index contributed by atoms with van der Waals surface area (Å²) in [6.45, 7) is 7.08. The van der Waals surface area contributed by atoms with E-state index in [0.29, 0.717) is 0 Å². The fraction of sp³-hybridized carbons (Fsp3) is 0.211. The van der Waals surface area contributed by atoms with Crippen LogP contribution in [0.1, 0.15) is 18.1 Å². The van der Waals surface area contributed by atoms with Crippen molar-refractivity contribution in [2.45, 2.75) is 20.8 Å². The molecule has 128 valence electrons. The van der Waals surface area contributed by atoms with Crippen LogP contribution in [0.5, 0.6) is 0 Å². The molecule has 0 radical (unpaired) electrons. The van der Waals surface area contributed by atoms with Gasteiger partial charge in [-0.1, -0.05) is 0 Å². The van der Waals surface area contributed by atoms with Crippen LogP contribution in [0.2, 0.25) is 0 Å². The first-order chi connectivity index (χ1) is 12.0. The van der Waals surface area contributed by atoms with Gasteiger partial charge in [0.15, 0.2) is 0 Å². The van der Waals surface area contributed by atoms with Gasteiger partial charge < -0.3 is 9.88 Å². The van der Waals surface area contributed by atoms with Crippen LogP contribution in [0.15, 0.2) is 48.9 Å². The number of hydrogen-bond acceptors (Lipinski definition) is 4. The zero-order valence-electron chi connectivity index (χ0n) is 14.5. The summed E-state index contributed by atoms with van der Waals surface area (Å²) in [6, 6.07) is 10.7. The summed E-state index contributed by atoms with van der Waals surface area (Å²) in [5.74, 6) is 0. The average Bonchev–Trinajstić information content (AvgIpc) is 3.08. The predicted molar refractivity (Wildman–Crippen MR) is 99.3 cm³/mol. The largest absolute Gasteiger partial charge is 0.384 e. The molecule has 0 saturated heterocycles. The highest BCUT2D eigenvalue weighted by atomic mass is 16.6. The van der Waals surface area contributed by atoms with Crippen molar-refractivity contribution in [1.29, 1.82) is 0 Å². The zero-order valence-corrected chi connectivity index (χ0v) is 14.5. The van der Waals surface area contributed by atoms with Crippen molar-refractivity contribution in [3.8, 4) is 16.9 Å². The van der Waals surface area contributed by atoms with Gasteiger partial charge >= 0.3 is 0 Å². The van der Waals surface area contributed by atoms with E-state index in [0.717, 1.165) is 29.2 Å². The van der Waals surface area contributed by atoms with Crippen LogP contribution in [0.3, 0.4) is 0 Å². The molecule has 1 aromatic heterocycles. The normalized spacial score (nSPS) is 10.7. The topological polar surface area (TPSA) is 73.0 Å². The van der Waals surface area contributed by atoms with Crippen molar-refractivity contribution in [1.82, 2.24) is 9.55 Å². The molecule has 3 aromatic rings. The zero-order chi connectivity index (χ0) is 18.0. The molecule has 3 rings (SSSR count). The Hall–Kier alpha value is -3.15. The Morgan fingerprint density at radius 3 is 2.48 bits per heavy atom. The SMILES string of the molecule is CCNc1cc(C)c(C)cc1-n1cnc(-c2ccc([N+](=O)[O-])cc2)c1. The lowest BCUT2D eigenvalue weighted by atomic mass is 10.1. The molecule has 0 fully saturated rings. The number of aryl methyl sites for hydroxylation is 2. The van der Waals surface area contributed by atoms with Gasteiger partial charge in [0, 0.05) is 30.4 Å². The standard InChI is InChI=1S/C19H20N4O2/c1-4-20-17-9-13(2)14(3)10-19(17)22-11-18(21-12-22)15-5-7-16(8-6-15)23(24)25/h5-12,20H,4H2,1-3H3. The van der Waals surface area contributed by atoms with Gasteiger partial charge in [0.25, 0.3) is 5.69 Å². The Bertz CT molecular complexity index is 914. The molecule has 0 unspecified atom stereocenters. The molecule has 0 saturated carbocycles. The lowest BCUT2D eigenvalue weighted by Crippen LogP contribution is -2.04. The Labute approximate surface area is 146 Å². The first-order valence-electron chi connectivity index (χ1n) is 8.14. The number of aromatic nitrogens is 2.